The van der Waals surface area contributed by atoms with E-state index in [1.165, 1.54) is 0 Å². The van der Waals surface area contributed by atoms with E-state index in [0.717, 1.165) is 5.39 Å². The molecule has 0 atom stereocenters. The molecule has 23 heavy (non-hydrogen) atoms. The van der Waals surface area contributed by atoms with E-state index in [9.17, 15) is 9.59 Å². The Morgan fingerprint density at radius 1 is 1.04 bits per heavy atom. The maximum Gasteiger partial charge on any atom is 0.375 e. The van der Waals surface area contributed by atoms with Crippen molar-refractivity contribution in [3.05, 3.63) is 65.9 Å². The van der Waals surface area contributed by atoms with Crippen LogP contribution in [0, 0.1) is 6.92 Å². The molecular formula is C18H15NO4. The fourth-order valence-corrected chi connectivity index (χ4v) is 2.28. The largest absolute Gasteiger partial charge is 0.450 e. The van der Waals surface area contributed by atoms with Gasteiger partial charge >= 0.3 is 5.97 Å². The van der Waals surface area contributed by atoms with E-state index in [-0.39, 0.29) is 12.4 Å². The average molecular weight is 309 g/mol. The number of nitrogens with one attached hydrogen (secondary N) is 1. The predicted molar refractivity (Wildman–Crippen MR) is 86.3 cm³/mol. The van der Waals surface area contributed by atoms with Crippen molar-refractivity contribution in [2.75, 3.05) is 11.9 Å². The molecule has 0 aliphatic carbocycles. The van der Waals surface area contributed by atoms with Crippen molar-refractivity contribution in [3.63, 3.8) is 0 Å². The number of aryl methyl sites for hydroxylation is 1. The molecule has 5 heteroatoms. The molecule has 116 valence electrons. The zero-order valence-electron chi connectivity index (χ0n) is 12.5. The first-order chi connectivity index (χ1) is 11.1. The number of carbonyl (C=O) groups excluding carboxylic acids is 2. The number of esters is 1. The lowest BCUT2D eigenvalue weighted by Gasteiger charge is -2.05. The van der Waals surface area contributed by atoms with Gasteiger partial charge in [-0.3, -0.25) is 4.79 Å². The number of ether oxygens (including phenoxy) is 1. The van der Waals surface area contributed by atoms with Crippen molar-refractivity contribution < 1.29 is 18.7 Å². The van der Waals surface area contributed by atoms with Gasteiger partial charge in [0, 0.05) is 16.6 Å². The molecule has 0 saturated carbocycles. The lowest BCUT2D eigenvalue weighted by atomic mass is 10.1. The molecular weight excluding hydrogens is 294 g/mol. The molecule has 0 fully saturated rings. The van der Waals surface area contributed by atoms with E-state index in [1.54, 1.807) is 37.3 Å². The van der Waals surface area contributed by atoms with Crippen LogP contribution >= 0.6 is 0 Å². The standard InChI is InChI=1S/C18H15NO4/c1-12-14-9-5-6-10-15(14)23-17(12)18(21)22-11-16(20)19-13-7-3-2-4-8-13/h2-10H,11H2,1H3,(H,19,20). The third kappa shape index (κ3) is 3.23. The van der Waals surface area contributed by atoms with Crippen molar-refractivity contribution in [3.8, 4) is 0 Å². The third-order valence-corrected chi connectivity index (χ3v) is 3.42. The lowest BCUT2D eigenvalue weighted by molar-refractivity contribution is -0.119. The maximum atomic E-state index is 12.1. The van der Waals surface area contributed by atoms with Crippen molar-refractivity contribution in [1.82, 2.24) is 0 Å². The molecule has 3 aromatic rings. The second-order valence-electron chi connectivity index (χ2n) is 5.04. The molecule has 3 rings (SSSR count). The molecule has 1 aromatic heterocycles. The van der Waals surface area contributed by atoms with Crippen LogP contribution in [0.1, 0.15) is 16.1 Å². The molecule has 0 bridgehead atoms. The summed E-state index contributed by atoms with van der Waals surface area (Å²) < 4.78 is 10.5. The minimum atomic E-state index is -0.651. The van der Waals surface area contributed by atoms with E-state index < -0.39 is 11.9 Å². The van der Waals surface area contributed by atoms with E-state index in [0.29, 0.717) is 16.8 Å². The smallest absolute Gasteiger partial charge is 0.375 e. The van der Waals surface area contributed by atoms with Gasteiger partial charge in [-0.2, -0.15) is 0 Å². The van der Waals surface area contributed by atoms with E-state index >= 15 is 0 Å². The summed E-state index contributed by atoms with van der Waals surface area (Å²) in [6.07, 6.45) is 0. The molecule has 1 amide bonds. The summed E-state index contributed by atoms with van der Waals surface area (Å²) >= 11 is 0. The normalized spacial score (nSPS) is 10.5. The first-order valence-corrected chi connectivity index (χ1v) is 7.15. The Hall–Kier alpha value is -3.08. The number of carbonyl (C=O) groups is 2. The van der Waals surface area contributed by atoms with Gasteiger partial charge in [0.05, 0.1) is 0 Å². The number of rotatable bonds is 4. The molecule has 5 nitrogen and oxygen atoms in total. The summed E-state index contributed by atoms with van der Waals surface area (Å²) in [5, 5.41) is 3.50. The van der Waals surface area contributed by atoms with Gasteiger partial charge in [0.25, 0.3) is 5.91 Å². The van der Waals surface area contributed by atoms with Crippen LogP contribution < -0.4 is 5.32 Å². The fraction of sp³-hybridized carbons (Fsp3) is 0.111. The van der Waals surface area contributed by atoms with E-state index in [4.69, 9.17) is 9.15 Å². The number of fused-ring (bicyclic) bond motifs is 1. The summed E-state index contributed by atoms with van der Waals surface area (Å²) in [5.74, 6) is -0.932. The summed E-state index contributed by atoms with van der Waals surface area (Å²) in [6, 6.07) is 16.3. The monoisotopic (exact) mass is 309 g/mol. The summed E-state index contributed by atoms with van der Waals surface area (Å²) in [6.45, 7) is 1.41. The van der Waals surface area contributed by atoms with Gasteiger partial charge < -0.3 is 14.5 Å². The van der Waals surface area contributed by atoms with Gasteiger partial charge in [0.1, 0.15) is 5.58 Å². The molecule has 0 aliphatic rings. The Kier molecular flexibility index (Phi) is 4.10. The van der Waals surface area contributed by atoms with Crippen LogP contribution in [0.5, 0.6) is 0 Å². The van der Waals surface area contributed by atoms with E-state index in [1.807, 2.05) is 24.3 Å². The highest BCUT2D eigenvalue weighted by Crippen LogP contribution is 2.25. The molecule has 0 radical (unpaired) electrons. The molecule has 1 heterocycles. The zero-order valence-corrected chi connectivity index (χ0v) is 12.5. The topological polar surface area (TPSA) is 68.5 Å². The SMILES string of the molecule is Cc1c(C(=O)OCC(=O)Nc2ccccc2)oc2ccccc12. The number of hydrogen-bond acceptors (Lipinski definition) is 4. The second-order valence-corrected chi connectivity index (χ2v) is 5.04. The summed E-state index contributed by atoms with van der Waals surface area (Å²) in [4.78, 5) is 23.9. The van der Waals surface area contributed by atoms with Crippen molar-refractivity contribution in [2.24, 2.45) is 0 Å². The van der Waals surface area contributed by atoms with Crippen LogP contribution in [0.4, 0.5) is 5.69 Å². The summed E-state index contributed by atoms with van der Waals surface area (Å²) in [7, 11) is 0. The second kappa shape index (κ2) is 6.36. The number of amides is 1. The van der Waals surface area contributed by atoms with Crippen LogP contribution in [-0.4, -0.2) is 18.5 Å². The van der Waals surface area contributed by atoms with Crippen LogP contribution in [0.3, 0.4) is 0 Å². The number of hydrogen-bond donors (Lipinski definition) is 1. The highest BCUT2D eigenvalue weighted by molar-refractivity contribution is 5.98. The Bertz CT molecular complexity index is 852. The van der Waals surface area contributed by atoms with Crippen molar-refractivity contribution >= 4 is 28.5 Å². The lowest BCUT2D eigenvalue weighted by Crippen LogP contribution is -2.20. The molecule has 2 aromatic carbocycles. The fourth-order valence-electron chi connectivity index (χ4n) is 2.28. The van der Waals surface area contributed by atoms with Crippen molar-refractivity contribution in [2.45, 2.75) is 6.92 Å². The van der Waals surface area contributed by atoms with Crippen LogP contribution in [-0.2, 0) is 9.53 Å². The van der Waals surface area contributed by atoms with Crippen molar-refractivity contribution in [1.29, 1.82) is 0 Å². The van der Waals surface area contributed by atoms with Gasteiger partial charge in [-0.15, -0.1) is 0 Å². The molecule has 0 aliphatic heterocycles. The third-order valence-electron chi connectivity index (χ3n) is 3.42. The summed E-state index contributed by atoms with van der Waals surface area (Å²) in [5.41, 5.74) is 1.97. The number of para-hydroxylation sites is 2. The first-order valence-electron chi connectivity index (χ1n) is 7.15. The Morgan fingerprint density at radius 2 is 1.74 bits per heavy atom. The van der Waals surface area contributed by atoms with Gasteiger partial charge in [-0.05, 0) is 25.1 Å². The van der Waals surface area contributed by atoms with Crippen LogP contribution in [0.25, 0.3) is 11.0 Å². The molecule has 0 saturated heterocycles. The van der Waals surface area contributed by atoms with Crippen LogP contribution in [0.2, 0.25) is 0 Å². The molecule has 0 spiro atoms. The maximum absolute atomic E-state index is 12.1. The number of anilines is 1. The molecule has 1 N–H and O–H groups in total. The zero-order chi connectivity index (χ0) is 16.2. The quantitative estimate of drug-likeness (QED) is 0.748. The Morgan fingerprint density at radius 3 is 2.48 bits per heavy atom. The minimum Gasteiger partial charge on any atom is -0.450 e. The molecule has 0 unspecified atom stereocenters. The minimum absolute atomic E-state index is 0.124. The van der Waals surface area contributed by atoms with Gasteiger partial charge in [-0.1, -0.05) is 36.4 Å². The number of furan rings is 1. The van der Waals surface area contributed by atoms with Gasteiger partial charge in [0.2, 0.25) is 5.76 Å². The van der Waals surface area contributed by atoms with Gasteiger partial charge in [-0.25, -0.2) is 4.79 Å². The highest BCUT2D eigenvalue weighted by Gasteiger charge is 2.19. The number of benzene rings is 2. The average Bonchev–Trinajstić information content (AvgIpc) is 2.91. The first kappa shape index (κ1) is 14.8. The Labute approximate surface area is 132 Å². The highest BCUT2D eigenvalue weighted by atomic mass is 16.5. The Balaban J connectivity index is 1.64. The predicted octanol–water partition coefficient (Wildman–Crippen LogP) is 3.54. The van der Waals surface area contributed by atoms with Gasteiger partial charge in [0.15, 0.2) is 6.61 Å². The van der Waals surface area contributed by atoms with E-state index in [2.05, 4.69) is 5.32 Å². The van der Waals surface area contributed by atoms with Crippen LogP contribution in [0.15, 0.2) is 59.0 Å².